The Morgan fingerprint density at radius 2 is 2.05 bits per heavy atom. The molecule has 0 bridgehead atoms. The highest BCUT2D eigenvalue weighted by atomic mass is 79.9. The van der Waals surface area contributed by atoms with Crippen LogP contribution in [0.25, 0.3) is 11.4 Å². The van der Waals surface area contributed by atoms with E-state index in [2.05, 4.69) is 25.9 Å². The van der Waals surface area contributed by atoms with Crippen LogP contribution in [-0.2, 0) is 4.74 Å². The predicted octanol–water partition coefficient (Wildman–Crippen LogP) is 2.67. The van der Waals surface area contributed by atoms with Crippen molar-refractivity contribution in [1.82, 2.24) is 9.97 Å². The molecule has 1 aromatic carbocycles. The van der Waals surface area contributed by atoms with Crippen molar-refractivity contribution in [2.24, 2.45) is 0 Å². The van der Waals surface area contributed by atoms with Gasteiger partial charge in [0.2, 0.25) is 0 Å². The fourth-order valence-corrected chi connectivity index (χ4v) is 1.76. The van der Waals surface area contributed by atoms with Gasteiger partial charge in [-0.05, 0) is 19.1 Å². The molecule has 0 aliphatic rings. The van der Waals surface area contributed by atoms with Crippen molar-refractivity contribution in [1.29, 1.82) is 0 Å². The van der Waals surface area contributed by atoms with Crippen LogP contribution in [0.1, 0.15) is 17.3 Å². The summed E-state index contributed by atoms with van der Waals surface area (Å²) in [6.45, 7) is 2.01. The fraction of sp³-hybridized carbons (Fsp3) is 0.154. The third kappa shape index (κ3) is 3.08. The molecule has 2 N–H and O–H groups in total. The van der Waals surface area contributed by atoms with E-state index >= 15 is 0 Å². The largest absolute Gasteiger partial charge is 0.462 e. The standard InChI is InChI=1S/C13H12BrN3O2/c1-2-19-13(18)10-7-16-12(17-11(10)15)8-3-5-9(14)6-4-8/h3-7H,2H2,1H3,(H2,15,16,17). The Balaban J connectivity index is 2.33. The summed E-state index contributed by atoms with van der Waals surface area (Å²) in [7, 11) is 0. The molecule has 0 saturated carbocycles. The number of aromatic nitrogens is 2. The van der Waals surface area contributed by atoms with Gasteiger partial charge in [0.15, 0.2) is 5.82 Å². The van der Waals surface area contributed by atoms with Crippen molar-refractivity contribution < 1.29 is 9.53 Å². The van der Waals surface area contributed by atoms with Crippen molar-refractivity contribution in [3.63, 3.8) is 0 Å². The van der Waals surface area contributed by atoms with Crippen molar-refractivity contribution in [3.05, 3.63) is 40.5 Å². The summed E-state index contributed by atoms with van der Waals surface area (Å²) in [6, 6.07) is 7.49. The molecule has 0 aliphatic carbocycles. The number of carbonyl (C=O) groups is 1. The number of anilines is 1. The summed E-state index contributed by atoms with van der Waals surface area (Å²) in [5, 5.41) is 0. The zero-order chi connectivity index (χ0) is 13.8. The molecule has 19 heavy (non-hydrogen) atoms. The van der Waals surface area contributed by atoms with E-state index in [1.807, 2.05) is 24.3 Å². The van der Waals surface area contributed by atoms with E-state index in [1.54, 1.807) is 6.92 Å². The van der Waals surface area contributed by atoms with Gasteiger partial charge in [0.25, 0.3) is 0 Å². The van der Waals surface area contributed by atoms with Crippen molar-refractivity contribution in [2.75, 3.05) is 12.3 Å². The summed E-state index contributed by atoms with van der Waals surface area (Å²) in [4.78, 5) is 19.8. The second kappa shape index (κ2) is 5.79. The summed E-state index contributed by atoms with van der Waals surface area (Å²) >= 11 is 3.35. The molecule has 1 aromatic heterocycles. The van der Waals surface area contributed by atoms with Crippen molar-refractivity contribution >= 4 is 27.7 Å². The highest BCUT2D eigenvalue weighted by Gasteiger charge is 2.14. The lowest BCUT2D eigenvalue weighted by atomic mass is 10.2. The van der Waals surface area contributed by atoms with Gasteiger partial charge in [0.05, 0.1) is 6.61 Å². The van der Waals surface area contributed by atoms with Gasteiger partial charge in [-0.15, -0.1) is 0 Å². The number of nitrogens with zero attached hydrogens (tertiary/aromatic N) is 2. The number of hydrogen-bond donors (Lipinski definition) is 1. The minimum Gasteiger partial charge on any atom is -0.462 e. The maximum absolute atomic E-state index is 11.6. The molecule has 0 unspecified atom stereocenters. The van der Waals surface area contributed by atoms with Crippen LogP contribution in [0.4, 0.5) is 5.82 Å². The number of esters is 1. The molecule has 98 valence electrons. The van der Waals surface area contributed by atoms with Crippen LogP contribution in [-0.4, -0.2) is 22.5 Å². The van der Waals surface area contributed by atoms with Gasteiger partial charge in [-0.1, -0.05) is 28.1 Å². The predicted molar refractivity (Wildman–Crippen MR) is 75.5 cm³/mol. The number of nitrogen functional groups attached to an aromatic ring is 1. The zero-order valence-electron chi connectivity index (χ0n) is 10.3. The SMILES string of the molecule is CCOC(=O)c1cnc(-c2ccc(Br)cc2)nc1N. The molecule has 5 nitrogen and oxygen atoms in total. The van der Waals surface area contributed by atoms with Crippen LogP contribution in [0.15, 0.2) is 34.9 Å². The highest BCUT2D eigenvalue weighted by Crippen LogP contribution is 2.20. The first-order chi connectivity index (χ1) is 9.11. The Morgan fingerprint density at radius 3 is 2.63 bits per heavy atom. The lowest BCUT2D eigenvalue weighted by molar-refractivity contribution is 0.0527. The summed E-state index contributed by atoms with van der Waals surface area (Å²) in [6.07, 6.45) is 1.39. The van der Waals surface area contributed by atoms with Crippen LogP contribution in [0.2, 0.25) is 0 Å². The van der Waals surface area contributed by atoms with E-state index < -0.39 is 5.97 Å². The quantitative estimate of drug-likeness (QED) is 0.879. The van der Waals surface area contributed by atoms with Crippen LogP contribution in [0.3, 0.4) is 0 Å². The van der Waals surface area contributed by atoms with Gasteiger partial charge in [0, 0.05) is 16.2 Å². The molecular formula is C13H12BrN3O2. The number of rotatable bonds is 3. The van der Waals surface area contributed by atoms with Gasteiger partial charge in [-0.25, -0.2) is 14.8 Å². The van der Waals surface area contributed by atoms with Gasteiger partial charge < -0.3 is 10.5 Å². The molecule has 1 heterocycles. The first kappa shape index (κ1) is 13.5. The lowest BCUT2D eigenvalue weighted by Gasteiger charge is -2.06. The molecule has 2 aromatic rings. The third-order valence-electron chi connectivity index (χ3n) is 2.42. The molecule has 2 rings (SSSR count). The van der Waals surface area contributed by atoms with E-state index in [0.29, 0.717) is 5.82 Å². The van der Waals surface area contributed by atoms with Crippen molar-refractivity contribution in [3.8, 4) is 11.4 Å². The second-order valence-electron chi connectivity index (χ2n) is 3.72. The van der Waals surface area contributed by atoms with Gasteiger partial charge >= 0.3 is 5.97 Å². The van der Waals surface area contributed by atoms with Crippen LogP contribution in [0, 0.1) is 0 Å². The summed E-state index contributed by atoms with van der Waals surface area (Å²) in [5.74, 6) is 0.0757. The maximum Gasteiger partial charge on any atom is 0.343 e. The molecule has 0 radical (unpaired) electrons. The Labute approximate surface area is 119 Å². The van der Waals surface area contributed by atoms with E-state index in [-0.39, 0.29) is 18.0 Å². The molecule has 0 amide bonds. The monoisotopic (exact) mass is 321 g/mol. The molecule has 0 fully saturated rings. The Morgan fingerprint density at radius 1 is 1.37 bits per heavy atom. The molecule has 0 spiro atoms. The normalized spacial score (nSPS) is 10.2. The average molecular weight is 322 g/mol. The minimum absolute atomic E-state index is 0.117. The fourth-order valence-electron chi connectivity index (χ4n) is 1.50. The van der Waals surface area contributed by atoms with Crippen molar-refractivity contribution in [2.45, 2.75) is 6.92 Å². The van der Waals surface area contributed by atoms with Crippen LogP contribution < -0.4 is 5.73 Å². The zero-order valence-corrected chi connectivity index (χ0v) is 11.8. The van der Waals surface area contributed by atoms with E-state index in [4.69, 9.17) is 10.5 Å². The van der Waals surface area contributed by atoms with Crippen LogP contribution in [0.5, 0.6) is 0 Å². The van der Waals surface area contributed by atoms with E-state index in [0.717, 1.165) is 10.0 Å². The first-order valence-electron chi connectivity index (χ1n) is 5.67. The molecule has 6 heteroatoms. The average Bonchev–Trinajstić information content (AvgIpc) is 2.39. The van der Waals surface area contributed by atoms with E-state index in [9.17, 15) is 4.79 Å². The molecular weight excluding hydrogens is 310 g/mol. The highest BCUT2D eigenvalue weighted by molar-refractivity contribution is 9.10. The molecule has 0 saturated heterocycles. The first-order valence-corrected chi connectivity index (χ1v) is 6.46. The number of benzene rings is 1. The minimum atomic E-state index is -0.512. The Bertz CT molecular complexity index is 599. The summed E-state index contributed by atoms with van der Waals surface area (Å²) in [5.41, 5.74) is 6.77. The van der Waals surface area contributed by atoms with Gasteiger partial charge in [-0.2, -0.15) is 0 Å². The smallest absolute Gasteiger partial charge is 0.343 e. The Kier molecular flexibility index (Phi) is 4.11. The Hall–Kier alpha value is -1.95. The lowest BCUT2D eigenvalue weighted by Crippen LogP contribution is -2.10. The molecule has 0 atom stereocenters. The number of hydrogen-bond acceptors (Lipinski definition) is 5. The maximum atomic E-state index is 11.6. The van der Waals surface area contributed by atoms with E-state index in [1.165, 1.54) is 6.20 Å². The van der Waals surface area contributed by atoms with Gasteiger partial charge in [0.1, 0.15) is 11.4 Å². The third-order valence-corrected chi connectivity index (χ3v) is 2.94. The number of ether oxygens (including phenoxy) is 1. The number of carbonyl (C=O) groups excluding carboxylic acids is 1. The van der Waals surface area contributed by atoms with Crippen LogP contribution >= 0.6 is 15.9 Å². The second-order valence-corrected chi connectivity index (χ2v) is 4.64. The van der Waals surface area contributed by atoms with Gasteiger partial charge in [-0.3, -0.25) is 0 Å². The molecule has 0 aliphatic heterocycles. The number of nitrogens with two attached hydrogens (primary N) is 1. The number of halogens is 1. The summed E-state index contributed by atoms with van der Waals surface area (Å²) < 4.78 is 5.83. The topological polar surface area (TPSA) is 78.1 Å².